The van der Waals surface area contributed by atoms with Gasteiger partial charge in [-0.2, -0.15) is 0 Å². The highest BCUT2D eigenvalue weighted by Gasteiger charge is 2.42. The summed E-state index contributed by atoms with van der Waals surface area (Å²) in [4.78, 5) is 0. The summed E-state index contributed by atoms with van der Waals surface area (Å²) in [6, 6.07) is 55.0. The normalized spacial score (nSPS) is 19.2. The third kappa shape index (κ3) is 6.01. The second-order valence-corrected chi connectivity index (χ2v) is 17.2. The number of hydrogen-bond donors (Lipinski definition) is 0. The summed E-state index contributed by atoms with van der Waals surface area (Å²) in [5.41, 5.74) is 5.73. The van der Waals surface area contributed by atoms with E-state index in [1.807, 2.05) is 0 Å². The van der Waals surface area contributed by atoms with Crippen molar-refractivity contribution in [2.45, 2.75) is 57.0 Å². The fourth-order valence-corrected chi connectivity index (χ4v) is 13.2. The molecule has 3 atom stereocenters. The Labute approximate surface area is 266 Å². The van der Waals surface area contributed by atoms with Crippen LogP contribution in [-0.2, 0) is 0 Å². The standard InChI is InChI=1S/C42H42P2/c1-32(43(34-20-8-3-9-21-34)35-22-10-4-11-23-35)40-31-33-19-7-2-16-28-38(33)42(40)39-29-17-18-30-41(39)44(36-24-12-5-13-25-36)37-26-14-6-15-27-37/h3-6,8-15,17-18,20-27,29-30,32,40,42H,2,7,16,19,28,31H2,1H3/t32-,40+,42-/m1/s1. The summed E-state index contributed by atoms with van der Waals surface area (Å²) in [5, 5.41) is 7.44. The lowest BCUT2D eigenvalue weighted by Crippen LogP contribution is -2.31. The first-order chi connectivity index (χ1) is 21.8. The predicted octanol–water partition coefficient (Wildman–Crippen LogP) is 9.33. The van der Waals surface area contributed by atoms with Crippen molar-refractivity contribution in [3.63, 3.8) is 0 Å². The third-order valence-electron chi connectivity index (χ3n) is 9.80. The molecule has 0 nitrogen and oxygen atoms in total. The summed E-state index contributed by atoms with van der Waals surface area (Å²) in [7, 11) is -1.18. The fraction of sp³-hybridized carbons (Fsp3) is 0.238. The molecule has 0 bridgehead atoms. The number of hydrogen-bond acceptors (Lipinski definition) is 0. The third-order valence-corrected chi connectivity index (χ3v) is 15.2. The molecule has 0 N–H and O–H groups in total. The van der Waals surface area contributed by atoms with Gasteiger partial charge in [0.2, 0.25) is 0 Å². The van der Waals surface area contributed by atoms with E-state index in [9.17, 15) is 0 Å². The number of allylic oxidation sites excluding steroid dienone is 2. The lowest BCUT2D eigenvalue weighted by molar-refractivity contribution is 0.474. The van der Waals surface area contributed by atoms with E-state index in [1.165, 1.54) is 59.7 Å². The van der Waals surface area contributed by atoms with Gasteiger partial charge in [0.15, 0.2) is 0 Å². The molecule has 0 fully saturated rings. The Morgan fingerprint density at radius 1 is 0.523 bits per heavy atom. The molecular weight excluding hydrogens is 566 g/mol. The molecule has 0 unspecified atom stereocenters. The van der Waals surface area contributed by atoms with Gasteiger partial charge < -0.3 is 0 Å². The van der Waals surface area contributed by atoms with Crippen LogP contribution in [0.3, 0.4) is 0 Å². The van der Waals surface area contributed by atoms with Crippen LogP contribution in [0, 0.1) is 5.92 Å². The van der Waals surface area contributed by atoms with E-state index in [0.29, 0.717) is 17.5 Å². The second-order valence-electron chi connectivity index (χ2n) is 12.4. The van der Waals surface area contributed by atoms with E-state index >= 15 is 0 Å². The maximum Gasteiger partial charge on any atom is 0.00948 e. The number of rotatable bonds is 8. The molecule has 0 heterocycles. The largest absolute Gasteiger partial charge is 0.0700 e. The highest BCUT2D eigenvalue weighted by molar-refractivity contribution is 7.80. The molecule has 220 valence electrons. The average Bonchev–Trinajstić information content (AvgIpc) is 3.29. The first-order valence-corrected chi connectivity index (χ1v) is 19.1. The van der Waals surface area contributed by atoms with Crippen molar-refractivity contribution in [3.05, 3.63) is 162 Å². The summed E-state index contributed by atoms with van der Waals surface area (Å²) in [6.45, 7) is 2.59. The van der Waals surface area contributed by atoms with Crippen LogP contribution in [0.2, 0.25) is 0 Å². The van der Waals surface area contributed by atoms with Gasteiger partial charge in [0.1, 0.15) is 0 Å². The quantitative estimate of drug-likeness (QED) is 0.122. The van der Waals surface area contributed by atoms with Crippen molar-refractivity contribution < 1.29 is 0 Å². The van der Waals surface area contributed by atoms with Crippen molar-refractivity contribution in [1.29, 1.82) is 0 Å². The van der Waals surface area contributed by atoms with Crippen molar-refractivity contribution in [3.8, 4) is 0 Å². The van der Waals surface area contributed by atoms with Crippen molar-refractivity contribution in [2.75, 3.05) is 0 Å². The van der Waals surface area contributed by atoms with Gasteiger partial charge >= 0.3 is 0 Å². The molecule has 7 rings (SSSR count). The maximum atomic E-state index is 2.59. The van der Waals surface area contributed by atoms with Gasteiger partial charge in [-0.05, 0) is 91.6 Å². The van der Waals surface area contributed by atoms with Crippen LogP contribution in [0.5, 0.6) is 0 Å². The van der Waals surface area contributed by atoms with E-state index in [1.54, 1.807) is 22.0 Å². The van der Waals surface area contributed by atoms with E-state index < -0.39 is 15.8 Å². The zero-order valence-corrected chi connectivity index (χ0v) is 27.5. The summed E-state index contributed by atoms with van der Waals surface area (Å²) < 4.78 is 0. The molecule has 0 spiro atoms. The molecule has 0 aromatic heterocycles. The van der Waals surface area contributed by atoms with Crippen LogP contribution in [0.15, 0.2) is 157 Å². The Bertz CT molecular complexity index is 1600. The maximum absolute atomic E-state index is 2.59. The van der Waals surface area contributed by atoms with Gasteiger partial charge in [-0.1, -0.05) is 170 Å². The molecule has 2 aliphatic carbocycles. The van der Waals surface area contributed by atoms with E-state index in [-0.39, 0.29) is 0 Å². The highest BCUT2D eigenvalue weighted by atomic mass is 31.1. The molecule has 2 heteroatoms. The molecule has 5 aromatic carbocycles. The molecule has 0 saturated carbocycles. The van der Waals surface area contributed by atoms with Crippen LogP contribution in [0.1, 0.15) is 56.9 Å². The molecule has 0 saturated heterocycles. The Balaban J connectivity index is 1.38. The first kappa shape index (κ1) is 29.4. The zero-order valence-electron chi connectivity index (χ0n) is 25.7. The number of benzene rings is 5. The second kappa shape index (κ2) is 13.8. The minimum Gasteiger partial charge on any atom is -0.0700 e. The topological polar surface area (TPSA) is 0 Å². The predicted molar refractivity (Wildman–Crippen MR) is 195 cm³/mol. The Kier molecular flexibility index (Phi) is 9.21. The van der Waals surface area contributed by atoms with Crippen molar-refractivity contribution in [2.24, 2.45) is 5.92 Å². The van der Waals surface area contributed by atoms with Gasteiger partial charge in [-0.3, -0.25) is 0 Å². The molecule has 0 aliphatic heterocycles. The van der Waals surface area contributed by atoms with E-state index in [0.717, 1.165) is 0 Å². The zero-order chi connectivity index (χ0) is 29.7. The lowest BCUT2D eigenvalue weighted by Gasteiger charge is -2.36. The van der Waals surface area contributed by atoms with Gasteiger partial charge in [0.25, 0.3) is 0 Å². The SMILES string of the molecule is C[C@H]([C@@H]1CC2=C(CCCCC2)[C@@H]1c1ccccc1P(c1ccccc1)c1ccccc1)P(c1ccccc1)c1ccccc1. The van der Waals surface area contributed by atoms with Gasteiger partial charge in [-0.15, -0.1) is 0 Å². The molecule has 0 amide bonds. The fourth-order valence-electron chi connectivity index (χ4n) is 7.83. The average molecular weight is 609 g/mol. The van der Waals surface area contributed by atoms with Crippen LogP contribution >= 0.6 is 15.8 Å². The van der Waals surface area contributed by atoms with Crippen molar-refractivity contribution >= 4 is 42.4 Å². The summed E-state index contributed by atoms with van der Waals surface area (Å²) in [5.74, 6) is 1.07. The minimum absolute atomic E-state index is 0.476. The molecule has 2 aliphatic rings. The van der Waals surface area contributed by atoms with E-state index in [2.05, 4.69) is 153 Å². The lowest BCUT2D eigenvalue weighted by atomic mass is 9.81. The van der Waals surface area contributed by atoms with Gasteiger partial charge in [-0.25, -0.2) is 0 Å². The monoisotopic (exact) mass is 608 g/mol. The van der Waals surface area contributed by atoms with Crippen LogP contribution in [0.25, 0.3) is 0 Å². The molecule has 44 heavy (non-hydrogen) atoms. The van der Waals surface area contributed by atoms with E-state index in [4.69, 9.17) is 0 Å². The Morgan fingerprint density at radius 3 is 1.57 bits per heavy atom. The first-order valence-electron chi connectivity index (χ1n) is 16.4. The van der Waals surface area contributed by atoms with Crippen LogP contribution in [0.4, 0.5) is 0 Å². The van der Waals surface area contributed by atoms with Crippen molar-refractivity contribution in [1.82, 2.24) is 0 Å². The molecule has 0 radical (unpaired) electrons. The summed E-state index contributed by atoms with van der Waals surface area (Å²) in [6.07, 6.45) is 7.85. The highest BCUT2D eigenvalue weighted by Crippen LogP contribution is 2.57. The van der Waals surface area contributed by atoms with Gasteiger partial charge in [0.05, 0.1) is 0 Å². The molecular formula is C42H42P2. The minimum atomic E-state index is -0.673. The van der Waals surface area contributed by atoms with Crippen LogP contribution < -0.4 is 26.5 Å². The summed E-state index contributed by atoms with van der Waals surface area (Å²) >= 11 is 0. The smallest absolute Gasteiger partial charge is 0.00948 e. The Hall–Kier alpha value is -3.30. The molecule has 5 aromatic rings. The van der Waals surface area contributed by atoms with Gasteiger partial charge in [0, 0.05) is 5.92 Å². The Morgan fingerprint density at radius 2 is 1.00 bits per heavy atom. The van der Waals surface area contributed by atoms with Crippen LogP contribution in [-0.4, -0.2) is 5.66 Å².